The van der Waals surface area contributed by atoms with Crippen LogP contribution in [0.5, 0.6) is 11.5 Å². The van der Waals surface area contributed by atoms with Crippen molar-refractivity contribution in [2.24, 2.45) is 0 Å². The minimum absolute atomic E-state index is 0.368. The van der Waals surface area contributed by atoms with Crippen molar-refractivity contribution in [3.8, 4) is 11.5 Å². The van der Waals surface area contributed by atoms with Crippen LogP contribution in [0.2, 0.25) is 0 Å². The summed E-state index contributed by atoms with van der Waals surface area (Å²) >= 11 is 0. The van der Waals surface area contributed by atoms with Crippen molar-refractivity contribution < 1.29 is 23.5 Å². The van der Waals surface area contributed by atoms with Gasteiger partial charge < -0.3 is 13.9 Å². The highest BCUT2D eigenvalue weighted by Gasteiger charge is 2.34. The van der Waals surface area contributed by atoms with Gasteiger partial charge in [-0.15, -0.1) is 0 Å². The summed E-state index contributed by atoms with van der Waals surface area (Å²) < 4.78 is 16.6. The Morgan fingerprint density at radius 1 is 1.04 bits per heavy atom. The summed E-state index contributed by atoms with van der Waals surface area (Å²) in [7, 11) is 0. The summed E-state index contributed by atoms with van der Waals surface area (Å²) in [6.07, 6.45) is -1.36. The molecule has 0 fully saturated rings. The number of carbonyl (C=O) groups is 2. The average Bonchev–Trinajstić information content (AvgIpc) is 2.90. The van der Waals surface area contributed by atoms with Gasteiger partial charge in [-0.3, -0.25) is 20.4 Å². The third kappa shape index (κ3) is 3.05. The van der Waals surface area contributed by atoms with Crippen LogP contribution in [0.15, 0.2) is 34.7 Å². The molecule has 0 aliphatic carbocycles. The van der Waals surface area contributed by atoms with Crippen LogP contribution in [0.4, 0.5) is 0 Å². The quantitative estimate of drug-likeness (QED) is 0.821. The van der Waals surface area contributed by atoms with Crippen molar-refractivity contribution >= 4 is 11.8 Å². The van der Waals surface area contributed by atoms with Gasteiger partial charge in [0.25, 0.3) is 11.8 Å². The number of para-hydroxylation sites is 2. The van der Waals surface area contributed by atoms with Crippen molar-refractivity contribution in [2.45, 2.75) is 33.0 Å². The predicted octanol–water partition coefficient (Wildman–Crippen LogP) is 1.89. The van der Waals surface area contributed by atoms with E-state index in [1.54, 1.807) is 45.0 Å². The number of fused-ring (bicyclic) bond motifs is 1. The number of hydrogen-bond donors (Lipinski definition) is 2. The minimum Gasteiger partial charge on any atom is -0.482 e. The zero-order valence-corrected chi connectivity index (χ0v) is 13.6. The Morgan fingerprint density at radius 2 is 1.71 bits per heavy atom. The molecular weight excluding hydrogens is 312 g/mol. The smallest absolute Gasteiger partial charge is 0.283 e. The van der Waals surface area contributed by atoms with E-state index in [0.717, 1.165) is 0 Å². The summed E-state index contributed by atoms with van der Waals surface area (Å²) in [5.41, 5.74) is 5.09. The van der Waals surface area contributed by atoms with Gasteiger partial charge in [0.15, 0.2) is 11.5 Å². The first-order valence-corrected chi connectivity index (χ1v) is 7.55. The molecule has 2 aromatic rings. The first-order valence-electron chi connectivity index (χ1n) is 7.55. The largest absolute Gasteiger partial charge is 0.482 e. The molecule has 0 bridgehead atoms. The fourth-order valence-electron chi connectivity index (χ4n) is 2.52. The Labute approximate surface area is 138 Å². The number of aryl methyl sites for hydroxylation is 2. The number of hydrazine groups is 1. The van der Waals surface area contributed by atoms with E-state index in [0.29, 0.717) is 28.6 Å². The van der Waals surface area contributed by atoms with Crippen LogP contribution in [0.25, 0.3) is 0 Å². The molecule has 1 aromatic carbocycles. The molecule has 126 valence electrons. The molecule has 3 rings (SSSR count). The number of rotatable bonds is 2. The van der Waals surface area contributed by atoms with Crippen molar-refractivity contribution in [2.75, 3.05) is 0 Å². The van der Waals surface area contributed by atoms with Gasteiger partial charge in [-0.1, -0.05) is 12.1 Å². The maximum Gasteiger partial charge on any atom is 0.283 e. The highest BCUT2D eigenvalue weighted by Crippen LogP contribution is 2.33. The van der Waals surface area contributed by atoms with Crippen molar-refractivity contribution in [3.63, 3.8) is 0 Å². The fraction of sp³-hybridized carbons (Fsp3) is 0.294. The van der Waals surface area contributed by atoms with E-state index < -0.39 is 24.0 Å². The number of amides is 2. The molecule has 0 saturated carbocycles. The molecule has 0 saturated heterocycles. The normalized spacial score (nSPS) is 18.8. The van der Waals surface area contributed by atoms with Crippen molar-refractivity contribution in [1.82, 2.24) is 10.9 Å². The second-order valence-electron chi connectivity index (χ2n) is 5.58. The summed E-state index contributed by atoms with van der Waals surface area (Å²) in [5.74, 6) is 1.23. The maximum absolute atomic E-state index is 12.3. The number of benzene rings is 1. The van der Waals surface area contributed by atoms with Gasteiger partial charge in [-0.2, -0.15) is 0 Å². The van der Waals surface area contributed by atoms with Crippen LogP contribution in [-0.4, -0.2) is 24.0 Å². The standard InChI is InChI=1S/C17H18N2O5/c1-9-8-12(10(2)22-9)16(20)18-19-17(21)15-11(3)23-13-6-4-5-7-14(13)24-15/h4-8,11,15H,1-3H3,(H,18,20)(H,19,21). The van der Waals surface area contributed by atoms with Crippen LogP contribution < -0.4 is 20.3 Å². The molecule has 7 heteroatoms. The van der Waals surface area contributed by atoms with Crippen LogP contribution in [0.1, 0.15) is 28.8 Å². The van der Waals surface area contributed by atoms with E-state index in [9.17, 15) is 9.59 Å². The molecule has 2 amide bonds. The Bertz CT molecular complexity index is 783. The summed E-state index contributed by atoms with van der Waals surface area (Å²) in [5, 5.41) is 0. The lowest BCUT2D eigenvalue weighted by molar-refractivity contribution is -0.134. The van der Waals surface area contributed by atoms with Gasteiger partial charge in [0.1, 0.15) is 17.6 Å². The molecule has 24 heavy (non-hydrogen) atoms. The average molecular weight is 330 g/mol. The number of ether oxygens (including phenoxy) is 2. The number of hydrogen-bond acceptors (Lipinski definition) is 5. The fourth-order valence-corrected chi connectivity index (χ4v) is 2.52. The molecular formula is C17H18N2O5. The third-order valence-corrected chi connectivity index (χ3v) is 3.69. The van der Waals surface area contributed by atoms with Gasteiger partial charge in [-0.25, -0.2) is 0 Å². The number of nitrogens with one attached hydrogen (secondary N) is 2. The number of furan rings is 1. The van der Waals surface area contributed by atoms with Crippen molar-refractivity contribution in [3.05, 3.63) is 47.4 Å². The second kappa shape index (κ2) is 6.27. The Kier molecular flexibility index (Phi) is 4.16. The molecule has 2 heterocycles. The second-order valence-corrected chi connectivity index (χ2v) is 5.58. The highest BCUT2D eigenvalue weighted by atomic mass is 16.6. The molecule has 2 atom stereocenters. The van der Waals surface area contributed by atoms with Gasteiger partial charge in [0, 0.05) is 0 Å². The third-order valence-electron chi connectivity index (χ3n) is 3.69. The molecule has 1 aliphatic heterocycles. The molecule has 0 radical (unpaired) electrons. The van der Waals surface area contributed by atoms with Crippen LogP contribution in [0, 0.1) is 13.8 Å². The molecule has 1 aliphatic rings. The zero-order valence-electron chi connectivity index (χ0n) is 13.6. The van der Waals surface area contributed by atoms with Crippen LogP contribution in [0.3, 0.4) is 0 Å². The lowest BCUT2D eigenvalue weighted by Gasteiger charge is -2.30. The maximum atomic E-state index is 12.3. The topological polar surface area (TPSA) is 89.8 Å². The van der Waals surface area contributed by atoms with E-state index in [4.69, 9.17) is 13.9 Å². The van der Waals surface area contributed by atoms with Gasteiger partial charge in [0.05, 0.1) is 5.56 Å². The van der Waals surface area contributed by atoms with Crippen LogP contribution >= 0.6 is 0 Å². The first-order chi connectivity index (χ1) is 11.5. The van der Waals surface area contributed by atoms with E-state index in [-0.39, 0.29) is 0 Å². The summed E-state index contributed by atoms with van der Waals surface area (Å²) in [6, 6.07) is 8.71. The molecule has 2 unspecified atom stereocenters. The van der Waals surface area contributed by atoms with Gasteiger partial charge in [0.2, 0.25) is 6.10 Å². The van der Waals surface area contributed by atoms with Crippen LogP contribution in [-0.2, 0) is 4.79 Å². The molecule has 1 aromatic heterocycles. The van der Waals surface area contributed by atoms with Gasteiger partial charge in [-0.05, 0) is 39.0 Å². The van der Waals surface area contributed by atoms with Gasteiger partial charge >= 0.3 is 0 Å². The van der Waals surface area contributed by atoms with E-state index >= 15 is 0 Å². The Hall–Kier alpha value is -2.96. The van der Waals surface area contributed by atoms with E-state index in [2.05, 4.69) is 10.9 Å². The minimum atomic E-state index is -0.868. The van der Waals surface area contributed by atoms with Crippen molar-refractivity contribution in [1.29, 1.82) is 0 Å². The lowest BCUT2D eigenvalue weighted by Crippen LogP contribution is -2.53. The van der Waals surface area contributed by atoms with E-state index in [1.807, 2.05) is 6.07 Å². The lowest BCUT2D eigenvalue weighted by atomic mass is 10.1. The monoisotopic (exact) mass is 330 g/mol. The Morgan fingerprint density at radius 3 is 2.33 bits per heavy atom. The molecule has 2 N–H and O–H groups in total. The summed E-state index contributed by atoms with van der Waals surface area (Å²) in [6.45, 7) is 5.15. The highest BCUT2D eigenvalue weighted by molar-refractivity contribution is 5.96. The van der Waals surface area contributed by atoms with E-state index in [1.165, 1.54) is 0 Å². The zero-order chi connectivity index (χ0) is 17.3. The molecule has 0 spiro atoms. The summed E-state index contributed by atoms with van der Waals surface area (Å²) in [4.78, 5) is 24.4. The Balaban J connectivity index is 1.63. The number of carbonyl (C=O) groups excluding carboxylic acids is 2. The molecule has 7 nitrogen and oxygen atoms in total. The SMILES string of the molecule is Cc1cc(C(=O)NNC(=O)C2Oc3ccccc3OC2C)c(C)o1. The first kappa shape index (κ1) is 15.9. The predicted molar refractivity (Wildman–Crippen MR) is 84.7 cm³/mol.